The van der Waals surface area contributed by atoms with Crippen LogP contribution in [0.4, 0.5) is 0 Å². The second-order valence-electron chi connectivity index (χ2n) is 4.24. The van der Waals surface area contributed by atoms with Gasteiger partial charge in [-0.05, 0) is 12.8 Å². The number of terminal acetylenes is 1. The van der Waals surface area contributed by atoms with E-state index < -0.39 is 15.9 Å². The van der Waals surface area contributed by atoms with Crippen LogP contribution in [0.5, 0.6) is 0 Å². The third kappa shape index (κ3) is 3.45. The van der Waals surface area contributed by atoms with Crippen molar-refractivity contribution >= 4 is 15.7 Å². The van der Waals surface area contributed by atoms with Gasteiger partial charge in [-0.3, -0.25) is 4.79 Å². The Hall–Kier alpha value is -1.06. The summed E-state index contributed by atoms with van der Waals surface area (Å²) in [5.41, 5.74) is 5.67. The van der Waals surface area contributed by atoms with E-state index in [2.05, 4.69) is 5.92 Å². The van der Waals surface area contributed by atoms with Crippen LogP contribution in [0.15, 0.2) is 0 Å². The van der Waals surface area contributed by atoms with Crippen LogP contribution in [0.1, 0.15) is 19.8 Å². The van der Waals surface area contributed by atoms with Gasteiger partial charge in [-0.25, -0.2) is 8.42 Å². The number of nitrogens with zero attached hydrogens (tertiary/aromatic N) is 1. The minimum atomic E-state index is -3.03. The maximum atomic E-state index is 12.0. The topological polar surface area (TPSA) is 80.5 Å². The molecule has 2 unspecified atom stereocenters. The van der Waals surface area contributed by atoms with E-state index in [0.717, 1.165) is 0 Å². The third-order valence-electron chi connectivity index (χ3n) is 2.95. The van der Waals surface area contributed by atoms with Crippen molar-refractivity contribution in [2.24, 2.45) is 5.73 Å². The van der Waals surface area contributed by atoms with Crippen molar-refractivity contribution in [1.82, 2.24) is 4.90 Å². The largest absolute Gasteiger partial charge is 0.326 e. The van der Waals surface area contributed by atoms with Crippen LogP contribution in [-0.4, -0.2) is 49.4 Å². The van der Waals surface area contributed by atoms with E-state index in [-0.39, 0.29) is 30.0 Å². The molecule has 0 spiro atoms. The Balaban J connectivity index is 2.81. The lowest BCUT2D eigenvalue weighted by molar-refractivity contribution is -0.133. The highest BCUT2D eigenvalue weighted by Crippen LogP contribution is 2.18. The zero-order valence-electron chi connectivity index (χ0n) is 9.93. The highest BCUT2D eigenvalue weighted by molar-refractivity contribution is 7.91. The zero-order valence-corrected chi connectivity index (χ0v) is 10.7. The summed E-state index contributed by atoms with van der Waals surface area (Å²) in [5, 5.41) is 0. The molecule has 0 aromatic heterocycles. The number of amides is 1. The van der Waals surface area contributed by atoms with E-state index in [1.54, 1.807) is 0 Å². The van der Waals surface area contributed by atoms with Gasteiger partial charge in [0.05, 0.1) is 24.1 Å². The van der Waals surface area contributed by atoms with Crippen molar-refractivity contribution in [3.05, 3.63) is 0 Å². The normalized spacial score (nSPS) is 23.9. The first-order valence-corrected chi connectivity index (χ1v) is 7.43. The molecule has 0 radical (unpaired) electrons. The molecular formula is C11H18N2O3S. The highest BCUT2D eigenvalue weighted by Gasteiger charge is 2.35. The summed E-state index contributed by atoms with van der Waals surface area (Å²) in [6.07, 6.45) is 6.17. The fourth-order valence-electron chi connectivity index (χ4n) is 1.89. The van der Waals surface area contributed by atoms with Gasteiger partial charge in [-0.2, -0.15) is 0 Å². The maximum Gasteiger partial charge on any atom is 0.240 e. The van der Waals surface area contributed by atoms with Gasteiger partial charge in [0, 0.05) is 6.04 Å². The average molecular weight is 258 g/mol. The Kier molecular flexibility index (Phi) is 4.54. The molecule has 2 atom stereocenters. The van der Waals surface area contributed by atoms with Crippen molar-refractivity contribution < 1.29 is 13.2 Å². The molecule has 0 aromatic rings. The molecule has 1 rings (SSSR count). The van der Waals surface area contributed by atoms with Crippen molar-refractivity contribution in [1.29, 1.82) is 0 Å². The Bertz CT molecular complexity index is 424. The lowest BCUT2D eigenvalue weighted by Gasteiger charge is -2.28. The highest BCUT2D eigenvalue weighted by atomic mass is 32.2. The molecule has 0 bridgehead atoms. The summed E-state index contributed by atoms with van der Waals surface area (Å²) >= 11 is 0. The predicted octanol–water partition coefficient (Wildman–Crippen LogP) is -0.627. The first kappa shape index (κ1) is 14.0. The van der Waals surface area contributed by atoms with Gasteiger partial charge < -0.3 is 10.6 Å². The molecule has 1 amide bonds. The minimum Gasteiger partial charge on any atom is -0.326 e. The SMILES string of the molecule is C#CCN(C(=O)C(N)CC)C1CCS(=O)(=O)C1. The maximum absolute atomic E-state index is 12.0. The van der Waals surface area contributed by atoms with Gasteiger partial charge in [0.2, 0.25) is 5.91 Å². The van der Waals surface area contributed by atoms with Crippen LogP contribution in [0.2, 0.25) is 0 Å². The molecule has 2 N–H and O–H groups in total. The Labute approximate surface area is 102 Å². The second kappa shape index (κ2) is 5.52. The molecule has 1 aliphatic heterocycles. The smallest absolute Gasteiger partial charge is 0.240 e. The summed E-state index contributed by atoms with van der Waals surface area (Å²) in [6.45, 7) is 1.93. The molecule has 5 nitrogen and oxygen atoms in total. The van der Waals surface area contributed by atoms with Crippen LogP contribution >= 0.6 is 0 Å². The molecule has 6 heteroatoms. The van der Waals surface area contributed by atoms with Gasteiger partial charge in [0.1, 0.15) is 0 Å². The zero-order chi connectivity index (χ0) is 13.1. The van der Waals surface area contributed by atoms with Crippen LogP contribution in [0.25, 0.3) is 0 Å². The van der Waals surface area contributed by atoms with Gasteiger partial charge in [0.15, 0.2) is 9.84 Å². The van der Waals surface area contributed by atoms with Crippen LogP contribution in [0.3, 0.4) is 0 Å². The van der Waals surface area contributed by atoms with E-state index in [1.807, 2.05) is 6.92 Å². The monoisotopic (exact) mass is 258 g/mol. The first-order valence-electron chi connectivity index (χ1n) is 5.61. The number of rotatable bonds is 4. The second-order valence-corrected chi connectivity index (χ2v) is 6.47. The van der Waals surface area contributed by atoms with E-state index in [1.165, 1.54) is 4.90 Å². The number of nitrogens with two attached hydrogens (primary N) is 1. The fourth-order valence-corrected chi connectivity index (χ4v) is 3.62. The van der Waals surface area contributed by atoms with Crippen molar-refractivity contribution in [2.45, 2.75) is 31.8 Å². The molecule has 0 aliphatic carbocycles. The molecule has 1 fully saturated rings. The van der Waals surface area contributed by atoms with Crippen molar-refractivity contribution in [3.63, 3.8) is 0 Å². The molecule has 1 heterocycles. The quantitative estimate of drug-likeness (QED) is 0.681. The van der Waals surface area contributed by atoms with Gasteiger partial charge in [-0.15, -0.1) is 6.42 Å². The standard InChI is InChI=1S/C11H18N2O3S/c1-3-6-13(11(14)10(12)4-2)9-5-7-17(15,16)8-9/h1,9-10H,4-8,12H2,2H3. The molecule has 0 saturated carbocycles. The molecule has 17 heavy (non-hydrogen) atoms. The lowest BCUT2D eigenvalue weighted by Crippen LogP contribution is -2.49. The summed E-state index contributed by atoms with van der Waals surface area (Å²) in [6, 6.07) is -0.923. The lowest BCUT2D eigenvalue weighted by atomic mass is 10.1. The molecule has 1 aliphatic rings. The number of carbonyl (C=O) groups is 1. The molecular weight excluding hydrogens is 240 g/mol. The molecule has 1 saturated heterocycles. The third-order valence-corrected chi connectivity index (χ3v) is 4.70. The van der Waals surface area contributed by atoms with E-state index in [0.29, 0.717) is 12.8 Å². The minimum absolute atomic E-state index is 0.00312. The van der Waals surface area contributed by atoms with Crippen molar-refractivity contribution in [3.8, 4) is 12.3 Å². The van der Waals surface area contributed by atoms with Crippen LogP contribution in [0, 0.1) is 12.3 Å². The molecule has 96 valence electrons. The van der Waals surface area contributed by atoms with Gasteiger partial charge in [0.25, 0.3) is 0 Å². The number of hydrogen-bond acceptors (Lipinski definition) is 4. The van der Waals surface area contributed by atoms with Gasteiger partial charge >= 0.3 is 0 Å². The predicted molar refractivity (Wildman–Crippen MR) is 65.9 cm³/mol. The Morgan fingerprint density at radius 1 is 1.65 bits per heavy atom. The number of hydrogen-bond donors (Lipinski definition) is 1. The molecule has 0 aromatic carbocycles. The Morgan fingerprint density at radius 3 is 2.71 bits per heavy atom. The van der Waals surface area contributed by atoms with E-state index in [9.17, 15) is 13.2 Å². The number of carbonyl (C=O) groups excluding carboxylic acids is 1. The van der Waals surface area contributed by atoms with E-state index >= 15 is 0 Å². The first-order chi connectivity index (χ1) is 7.91. The van der Waals surface area contributed by atoms with Gasteiger partial charge in [-0.1, -0.05) is 12.8 Å². The number of sulfone groups is 1. The van der Waals surface area contributed by atoms with E-state index in [4.69, 9.17) is 12.2 Å². The Morgan fingerprint density at radius 2 is 2.29 bits per heavy atom. The fraction of sp³-hybridized carbons (Fsp3) is 0.727. The van der Waals surface area contributed by atoms with Crippen molar-refractivity contribution in [2.75, 3.05) is 18.1 Å². The summed E-state index contributed by atoms with van der Waals surface area (Å²) < 4.78 is 22.8. The van der Waals surface area contributed by atoms with Crippen LogP contribution in [-0.2, 0) is 14.6 Å². The summed E-state index contributed by atoms with van der Waals surface area (Å²) in [5.74, 6) is 2.25. The average Bonchev–Trinajstić information content (AvgIpc) is 2.64. The summed E-state index contributed by atoms with van der Waals surface area (Å²) in [7, 11) is -3.03. The van der Waals surface area contributed by atoms with Crippen LogP contribution < -0.4 is 5.73 Å². The summed E-state index contributed by atoms with van der Waals surface area (Å²) in [4.78, 5) is 13.4.